The van der Waals surface area contributed by atoms with E-state index >= 15 is 0 Å². The van der Waals surface area contributed by atoms with Gasteiger partial charge in [0.1, 0.15) is 0 Å². The second kappa shape index (κ2) is 7.23. The molecule has 5 nitrogen and oxygen atoms in total. The van der Waals surface area contributed by atoms with E-state index in [1.165, 1.54) is 4.90 Å². The molecule has 2 heterocycles. The van der Waals surface area contributed by atoms with E-state index in [1.54, 1.807) is 24.3 Å². The zero-order chi connectivity index (χ0) is 16.2. The van der Waals surface area contributed by atoms with Crippen LogP contribution in [0.5, 0.6) is 0 Å². The van der Waals surface area contributed by atoms with Crippen molar-refractivity contribution in [1.82, 2.24) is 9.80 Å². The Labute approximate surface area is 136 Å². The Balaban J connectivity index is 1.45. The molecule has 3 rings (SSSR count). The number of likely N-dealkylation sites (tertiary alicyclic amines) is 1. The smallest absolute Gasteiger partial charge is 0.261 e. The lowest BCUT2D eigenvalue weighted by Crippen LogP contribution is -2.37. The molecule has 0 radical (unpaired) electrons. The fourth-order valence-electron chi connectivity index (χ4n) is 3.55. The Morgan fingerprint density at radius 3 is 2.35 bits per heavy atom. The number of carbonyl (C=O) groups is 2. The van der Waals surface area contributed by atoms with E-state index in [-0.39, 0.29) is 18.4 Å². The van der Waals surface area contributed by atoms with Crippen LogP contribution in [0.4, 0.5) is 0 Å². The summed E-state index contributed by atoms with van der Waals surface area (Å²) in [7, 11) is 0. The Hall–Kier alpha value is -1.72. The summed E-state index contributed by atoms with van der Waals surface area (Å²) in [5, 5.41) is 9.26. The largest absolute Gasteiger partial charge is 0.396 e. The van der Waals surface area contributed by atoms with Crippen molar-refractivity contribution in [3.8, 4) is 0 Å². The van der Waals surface area contributed by atoms with E-state index in [9.17, 15) is 14.7 Å². The minimum atomic E-state index is -0.163. The van der Waals surface area contributed by atoms with Gasteiger partial charge in [-0.05, 0) is 56.8 Å². The van der Waals surface area contributed by atoms with Crippen LogP contribution in [0.15, 0.2) is 24.3 Å². The molecule has 0 aromatic heterocycles. The van der Waals surface area contributed by atoms with Gasteiger partial charge in [0.25, 0.3) is 11.8 Å². The van der Waals surface area contributed by atoms with E-state index in [0.717, 1.165) is 45.3 Å². The molecule has 1 fully saturated rings. The fraction of sp³-hybridized carbons (Fsp3) is 0.556. The van der Waals surface area contributed by atoms with Crippen LogP contribution in [-0.2, 0) is 0 Å². The van der Waals surface area contributed by atoms with Gasteiger partial charge in [0.2, 0.25) is 0 Å². The van der Waals surface area contributed by atoms with Crippen molar-refractivity contribution in [3.05, 3.63) is 35.4 Å². The van der Waals surface area contributed by atoms with Gasteiger partial charge in [-0.15, -0.1) is 0 Å². The minimum Gasteiger partial charge on any atom is -0.396 e. The van der Waals surface area contributed by atoms with Crippen molar-refractivity contribution in [1.29, 1.82) is 0 Å². The van der Waals surface area contributed by atoms with E-state index in [1.807, 2.05) is 0 Å². The summed E-state index contributed by atoms with van der Waals surface area (Å²) in [6.07, 6.45) is 4.04. The van der Waals surface area contributed by atoms with Crippen molar-refractivity contribution in [3.63, 3.8) is 0 Å². The van der Waals surface area contributed by atoms with Crippen molar-refractivity contribution in [2.75, 3.05) is 32.8 Å². The first kappa shape index (κ1) is 16.1. The summed E-state index contributed by atoms with van der Waals surface area (Å²) >= 11 is 0. The van der Waals surface area contributed by atoms with Crippen molar-refractivity contribution in [2.45, 2.75) is 25.7 Å². The molecule has 1 atom stereocenters. The maximum atomic E-state index is 12.3. The molecule has 0 bridgehead atoms. The van der Waals surface area contributed by atoms with Crippen LogP contribution in [0, 0.1) is 5.92 Å². The average Bonchev–Trinajstić information content (AvgIpc) is 2.84. The van der Waals surface area contributed by atoms with Gasteiger partial charge >= 0.3 is 0 Å². The number of amides is 2. The summed E-state index contributed by atoms with van der Waals surface area (Å²) < 4.78 is 0. The van der Waals surface area contributed by atoms with Crippen molar-refractivity contribution >= 4 is 11.8 Å². The highest BCUT2D eigenvalue weighted by atomic mass is 16.3. The normalized spacial score (nSPS) is 21.8. The van der Waals surface area contributed by atoms with Gasteiger partial charge in [0.05, 0.1) is 11.1 Å². The van der Waals surface area contributed by atoms with Gasteiger partial charge in [-0.1, -0.05) is 12.1 Å². The van der Waals surface area contributed by atoms with Crippen LogP contribution in [0.2, 0.25) is 0 Å². The number of unbranched alkanes of at least 4 members (excludes halogenated alkanes) is 1. The molecule has 1 N–H and O–H groups in total. The molecule has 23 heavy (non-hydrogen) atoms. The third kappa shape index (κ3) is 3.46. The Morgan fingerprint density at radius 1 is 1.04 bits per heavy atom. The monoisotopic (exact) mass is 316 g/mol. The van der Waals surface area contributed by atoms with Gasteiger partial charge in [0, 0.05) is 19.7 Å². The van der Waals surface area contributed by atoms with Crippen LogP contribution in [0.1, 0.15) is 46.4 Å². The number of aliphatic hydroxyl groups excluding tert-OH is 1. The molecule has 124 valence electrons. The zero-order valence-electron chi connectivity index (χ0n) is 13.4. The van der Waals surface area contributed by atoms with Crippen molar-refractivity contribution in [2.24, 2.45) is 5.92 Å². The number of benzene rings is 1. The fourth-order valence-corrected chi connectivity index (χ4v) is 3.55. The lowest BCUT2D eigenvalue weighted by molar-refractivity contribution is 0.0648. The Kier molecular flexibility index (Phi) is 5.08. The average molecular weight is 316 g/mol. The van der Waals surface area contributed by atoms with E-state index < -0.39 is 0 Å². The number of piperidine rings is 1. The molecule has 2 amide bonds. The molecular weight excluding hydrogens is 292 g/mol. The zero-order valence-corrected chi connectivity index (χ0v) is 13.4. The first-order valence-electron chi connectivity index (χ1n) is 8.49. The molecule has 1 aromatic rings. The van der Waals surface area contributed by atoms with Crippen molar-refractivity contribution < 1.29 is 14.7 Å². The molecule has 1 aromatic carbocycles. The summed E-state index contributed by atoms with van der Waals surface area (Å²) in [5.41, 5.74) is 1.05. The summed E-state index contributed by atoms with van der Waals surface area (Å²) in [5.74, 6) is 0.0767. The maximum absolute atomic E-state index is 12.3. The van der Waals surface area contributed by atoms with Crippen LogP contribution in [0.25, 0.3) is 0 Å². The minimum absolute atomic E-state index is 0.163. The second-order valence-electron chi connectivity index (χ2n) is 6.51. The summed E-state index contributed by atoms with van der Waals surface area (Å²) in [6, 6.07) is 7.03. The predicted molar refractivity (Wildman–Crippen MR) is 87.3 cm³/mol. The number of imide groups is 1. The lowest BCUT2D eigenvalue weighted by Gasteiger charge is -2.31. The highest BCUT2D eigenvalue weighted by molar-refractivity contribution is 6.21. The number of hydrogen-bond donors (Lipinski definition) is 1. The van der Waals surface area contributed by atoms with E-state index in [4.69, 9.17) is 0 Å². The molecule has 2 aliphatic rings. The molecule has 5 heteroatoms. The number of hydrogen-bond acceptors (Lipinski definition) is 4. The quantitative estimate of drug-likeness (QED) is 0.642. The van der Waals surface area contributed by atoms with Gasteiger partial charge in [-0.3, -0.25) is 14.5 Å². The van der Waals surface area contributed by atoms with Crippen LogP contribution in [0.3, 0.4) is 0 Å². The van der Waals surface area contributed by atoms with Crippen LogP contribution in [-0.4, -0.2) is 59.5 Å². The standard InChI is InChI=1S/C18H24N2O3/c21-13-14-6-5-10-19(12-14)9-3-4-11-20-17(22)15-7-1-2-8-16(15)18(20)23/h1-2,7-8,14,21H,3-6,9-13H2. The molecule has 0 aliphatic carbocycles. The second-order valence-corrected chi connectivity index (χ2v) is 6.51. The molecular formula is C18H24N2O3. The summed E-state index contributed by atoms with van der Waals surface area (Å²) in [6.45, 7) is 3.78. The van der Waals surface area contributed by atoms with Gasteiger partial charge in [-0.25, -0.2) is 0 Å². The van der Waals surface area contributed by atoms with Gasteiger partial charge in [0.15, 0.2) is 0 Å². The predicted octanol–water partition coefficient (Wildman–Crippen LogP) is 1.77. The van der Waals surface area contributed by atoms with Crippen LogP contribution >= 0.6 is 0 Å². The molecule has 1 unspecified atom stereocenters. The Morgan fingerprint density at radius 2 is 1.70 bits per heavy atom. The first-order chi connectivity index (χ1) is 11.2. The highest BCUT2D eigenvalue weighted by Gasteiger charge is 2.34. The van der Waals surface area contributed by atoms with Gasteiger partial charge in [-0.2, -0.15) is 0 Å². The van der Waals surface area contributed by atoms with E-state index in [0.29, 0.717) is 23.6 Å². The number of carbonyl (C=O) groups excluding carboxylic acids is 2. The molecule has 0 saturated carbocycles. The maximum Gasteiger partial charge on any atom is 0.261 e. The number of rotatable bonds is 6. The molecule has 2 aliphatic heterocycles. The lowest BCUT2D eigenvalue weighted by atomic mass is 9.99. The number of aliphatic hydroxyl groups is 1. The molecule has 0 spiro atoms. The topological polar surface area (TPSA) is 60.9 Å². The summed E-state index contributed by atoms with van der Waals surface area (Å²) in [4.78, 5) is 28.3. The first-order valence-corrected chi connectivity index (χ1v) is 8.49. The SMILES string of the molecule is O=C1c2ccccc2C(=O)N1CCCCN1CCCC(CO)C1. The number of fused-ring (bicyclic) bond motifs is 1. The Bertz CT molecular complexity index is 552. The highest BCUT2D eigenvalue weighted by Crippen LogP contribution is 2.23. The van der Waals surface area contributed by atoms with E-state index in [2.05, 4.69) is 4.90 Å². The molecule has 1 saturated heterocycles. The third-order valence-electron chi connectivity index (χ3n) is 4.85. The van der Waals surface area contributed by atoms with Crippen LogP contribution < -0.4 is 0 Å². The van der Waals surface area contributed by atoms with Gasteiger partial charge < -0.3 is 10.0 Å². The third-order valence-corrected chi connectivity index (χ3v) is 4.85. The number of nitrogens with zero attached hydrogens (tertiary/aromatic N) is 2.